The highest BCUT2D eigenvalue weighted by atomic mass is 16.5. The molecule has 0 aromatic rings. The molecule has 2 unspecified atom stereocenters. The molecule has 2 N–H and O–H groups in total. The van der Waals surface area contributed by atoms with Crippen molar-refractivity contribution >= 4 is 5.91 Å². The summed E-state index contributed by atoms with van der Waals surface area (Å²) in [5, 5.41) is 6.35. The Morgan fingerprint density at radius 1 is 1.40 bits per heavy atom. The first-order valence-corrected chi connectivity index (χ1v) is 5.96. The molecule has 0 aromatic heterocycles. The summed E-state index contributed by atoms with van der Waals surface area (Å²) in [7, 11) is 0. The van der Waals surface area contributed by atoms with Gasteiger partial charge in [0.25, 0.3) is 0 Å². The molecule has 2 heterocycles. The quantitative estimate of drug-likeness (QED) is 0.713. The van der Waals surface area contributed by atoms with Crippen molar-refractivity contribution in [3.63, 3.8) is 0 Å². The summed E-state index contributed by atoms with van der Waals surface area (Å²) in [6, 6.07) is 0.327. The molecule has 0 spiro atoms. The van der Waals surface area contributed by atoms with E-state index in [1.54, 1.807) is 0 Å². The zero-order chi connectivity index (χ0) is 10.5. The van der Waals surface area contributed by atoms with Crippen LogP contribution < -0.4 is 10.6 Å². The van der Waals surface area contributed by atoms with Gasteiger partial charge in [-0.3, -0.25) is 4.79 Å². The topological polar surface area (TPSA) is 50.4 Å². The summed E-state index contributed by atoms with van der Waals surface area (Å²) in [5.41, 5.74) is 0. The van der Waals surface area contributed by atoms with E-state index in [2.05, 4.69) is 10.6 Å². The lowest BCUT2D eigenvalue weighted by Gasteiger charge is -2.24. The Kier molecular flexibility index (Phi) is 3.97. The number of nitrogens with one attached hydrogen (secondary N) is 2. The summed E-state index contributed by atoms with van der Waals surface area (Å²) in [6.07, 6.45) is 5.10. The van der Waals surface area contributed by atoms with Crippen molar-refractivity contribution in [2.24, 2.45) is 0 Å². The van der Waals surface area contributed by atoms with Gasteiger partial charge < -0.3 is 15.4 Å². The molecule has 2 saturated heterocycles. The molecule has 0 radical (unpaired) electrons. The van der Waals surface area contributed by atoms with Crippen LogP contribution in [0.1, 0.15) is 32.1 Å². The van der Waals surface area contributed by atoms with Gasteiger partial charge in [-0.25, -0.2) is 0 Å². The van der Waals surface area contributed by atoms with Gasteiger partial charge in [0, 0.05) is 19.2 Å². The molecule has 0 aliphatic carbocycles. The van der Waals surface area contributed by atoms with Crippen molar-refractivity contribution in [1.82, 2.24) is 10.6 Å². The molecule has 2 fully saturated rings. The Balaban J connectivity index is 1.66. The third kappa shape index (κ3) is 3.47. The minimum atomic E-state index is 0.149. The van der Waals surface area contributed by atoms with Crippen LogP contribution in [0.3, 0.4) is 0 Å². The minimum Gasteiger partial charge on any atom is -0.378 e. The second kappa shape index (κ2) is 5.47. The molecule has 0 bridgehead atoms. The maximum absolute atomic E-state index is 11.6. The highest BCUT2D eigenvalue weighted by molar-refractivity contribution is 5.76. The predicted molar refractivity (Wildman–Crippen MR) is 57.6 cm³/mol. The van der Waals surface area contributed by atoms with Crippen LogP contribution >= 0.6 is 0 Å². The summed E-state index contributed by atoms with van der Waals surface area (Å²) < 4.78 is 5.44. The number of carbonyl (C=O) groups excluding carboxylic acids is 1. The van der Waals surface area contributed by atoms with E-state index < -0.39 is 0 Å². The zero-order valence-corrected chi connectivity index (χ0v) is 9.13. The van der Waals surface area contributed by atoms with Gasteiger partial charge in [0.1, 0.15) is 0 Å². The van der Waals surface area contributed by atoms with E-state index in [1.165, 1.54) is 0 Å². The van der Waals surface area contributed by atoms with E-state index in [0.29, 0.717) is 12.5 Å². The molecule has 1 amide bonds. The number of ether oxygens (including phenoxy) is 1. The summed E-state index contributed by atoms with van der Waals surface area (Å²) in [6.45, 7) is 2.82. The highest BCUT2D eigenvalue weighted by Crippen LogP contribution is 2.15. The van der Waals surface area contributed by atoms with Crippen LogP contribution in [0.2, 0.25) is 0 Å². The lowest BCUT2D eigenvalue weighted by atomic mass is 10.1. The summed E-state index contributed by atoms with van der Waals surface area (Å²) in [4.78, 5) is 11.6. The van der Waals surface area contributed by atoms with E-state index in [-0.39, 0.29) is 12.0 Å². The molecule has 2 rings (SSSR count). The fraction of sp³-hybridized carbons (Fsp3) is 0.909. The van der Waals surface area contributed by atoms with Crippen molar-refractivity contribution in [3.8, 4) is 0 Å². The van der Waals surface area contributed by atoms with E-state index in [9.17, 15) is 4.79 Å². The second-order valence-corrected chi connectivity index (χ2v) is 4.45. The Labute approximate surface area is 90.8 Å². The van der Waals surface area contributed by atoms with Crippen LogP contribution in [0.15, 0.2) is 0 Å². The van der Waals surface area contributed by atoms with Crippen molar-refractivity contribution in [3.05, 3.63) is 0 Å². The number of hydrogen-bond acceptors (Lipinski definition) is 3. The molecule has 2 atom stereocenters. The molecule has 15 heavy (non-hydrogen) atoms. The molecular weight excluding hydrogens is 192 g/mol. The Hall–Kier alpha value is -0.610. The van der Waals surface area contributed by atoms with Crippen molar-refractivity contribution in [2.75, 3.05) is 19.7 Å². The fourth-order valence-electron chi connectivity index (χ4n) is 2.27. The SMILES string of the molecule is O=C(CC1CCCO1)NC1CCCNC1. The van der Waals surface area contributed by atoms with Gasteiger partial charge in [-0.15, -0.1) is 0 Å². The number of rotatable bonds is 3. The van der Waals surface area contributed by atoms with Crippen LogP contribution in [-0.4, -0.2) is 37.7 Å². The Bertz CT molecular complexity index is 209. The van der Waals surface area contributed by atoms with E-state index >= 15 is 0 Å². The van der Waals surface area contributed by atoms with Crippen LogP contribution in [-0.2, 0) is 9.53 Å². The predicted octanol–water partition coefficient (Wildman–Crippen LogP) is 0.424. The molecular formula is C11H20N2O2. The van der Waals surface area contributed by atoms with Gasteiger partial charge in [-0.1, -0.05) is 0 Å². The zero-order valence-electron chi connectivity index (χ0n) is 9.13. The summed E-state index contributed by atoms with van der Waals surface area (Å²) in [5.74, 6) is 0.149. The number of carbonyl (C=O) groups is 1. The smallest absolute Gasteiger partial charge is 0.222 e. The van der Waals surface area contributed by atoms with E-state index in [0.717, 1.165) is 45.4 Å². The molecule has 4 nitrogen and oxygen atoms in total. The van der Waals surface area contributed by atoms with Gasteiger partial charge in [0.2, 0.25) is 5.91 Å². The first-order valence-electron chi connectivity index (χ1n) is 5.96. The lowest BCUT2D eigenvalue weighted by molar-refractivity contribution is -0.124. The fourth-order valence-corrected chi connectivity index (χ4v) is 2.27. The van der Waals surface area contributed by atoms with Gasteiger partial charge in [-0.2, -0.15) is 0 Å². The second-order valence-electron chi connectivity index (χ2n) is 4.45. The van der Waals surface area contributed by atoms with Crippen molar-refractivity contribution in [2.45, 2.75) is 44.2 Å². The monoisotopic (exact) mass is 212 g/mol. The summed E-state index contributed by atoms with van der Waals surface area (Å²) >= 11 is 0. The van der Waals surface area contributed by atoms with Crippen molar-refractivity contribution in [1.29, 1.82) is 0 Å². The molecule has 0 aromatic carbocycles. The maximum Gasteiger partial charge on any atom is 0.222 e. The third-order valence-corrected chi connectivity index (χ3v) is 3.10. The molecule has 4 heteroatoms. The van der Waals surface area contributed by atoms with Crippen molar-refractivity contribution < 1.29 is 9.53 Å². The number of hydrogen-bond donors (Lipinski definition) is 2. The third-order valence-electron chi connectivity index (χ3n) is 3.10. The lowest BCUT2D eigenvalue weighted by Crippen LogP contribution is -2.46. The normalized spacial score (nSPS) is 31.5. The van der Waals surface area contributed by atoms with Crippen LogP contribution in [0, 0.1) is 0 Å². The largest absolute Gasteiger partial charge is 0.378 e. The minimum absolute atomic E-state index is 0.149. The standard InChI is InChI=1S/C11H20N2O2/c14-11(7-10-4-2-6-15-10)13-9-3-1-5-12-8-9/h9-10,12H,1-8H2,(H,13,14). The molecule has 2 aliphatic heterocycles. The van der Waals surface area contributed by atoms with Gasteiger partial charge >= 0.3 is 0 Å². The number of piperidine rings is 1. The molecule has 86 valence electrons. The van der Waals surface area contributed by atoms with Gasteiger partial charge in [-0.05, 0) is 32.2 Å². The van der Waals surface area contributed by atoms with Gasteiger partial charge in [0.15, 0.2) is 0 Å². The van der Waals surface area contributed by atoms with Crippen LogP contribution in [0.25, 0.3) is 0 Å². The Morgan fingerprint density at radius 3 is 3.00 bits per heavy atom. The van der Waals surface area contributed by atoms with Crippen LogP contribution in [0.5, 0.6) is 0 Å². The molecule has 2 aliphatic rings. The first kappa shape index (κ1) is 10.9. The first-order chi connectivity index (χ1) is 7.34. The van der Waals surface area contributed by atoms with Gasteiger partial charge in [0.05, 0.1) is 12.5 Å². The Morgan fingerprint density at radius 2 is 2.33 bits per heavy atom. The maximum atomic E-state index is 11.6. The van der Waals surface area contributed by atoms with Crippen LogP contribution in [0.4, 0.5) is 0 Å². The average Bonchev–Trinajstić information content (AvgIpc) is 2.71. The highest BCUT2D eigenvalue weighted by Gasteiger charge is 2.21. The average molecular weight is 212 g/mol. The van der Waals surface area contributed by atoms with E-state index in [4.69, 9.17) is 4.74 Å². The number of amides is 1. The van der Waals surface area contributed by atoms with E-state index in [1.807, 2.05) is 0 Å². The molecule has 0 saturated carbocycles.